The van der Waals surface area contributed by atoms with Crippen LogP contribution in [0.15, 0.2) is 69.6 Å². The lowest BCUT2D eigenvalue weighted by atomic mass is 10.2. The van der Waals surface area contributed by atoms with Crippen LogP contribution in [0, 0.1) is 6.92 Å². The van der Waals surface area contributed by atoms with Crippen LogP contribution < -0.4 is 10.1 Å². The number of nitrogens with one attached hydrogen (secondary N) is 1. The van der Waals surface area contributed by atoms with Gasteiger partial charge >= 0.3 is 0 Å². The van der Waals surface area contributed by atoms with Gasteiger partial charge in [-0.3, -0.25) is 9.48 Å². The average Bonchev–Trinajstić information content (AvgIpc) is 3.36. The Morgan fingerprint density at radius 3 is 2.75 bits per heavy atom. The molecule has 0 radical (unpaired) electrons. The summed E-state index contributed by atoms with van der Waals surface area (Å²) in [7, 11) is 0. The van der Waals surface area contributed by atoms with Crippen LogP contribution in [-0.4, -0.2) is 15.7 Å². The highest BCUT2D eigenvalue weighted by Gasteiger charge is 2.15. The summed E-state index contributed by atoms with van der Waals surface area (Å²) in [6.07, 6.45) is 0. The number of aryl methyl sites for hydroxylation is 1. The lowest BCUT2D eigenvalue weighted by Crippen LogP contribution is -2.12. The van der Waals surface area contributed by atoms with E-state index in [-0.39, 0.29) is 12.4 Å². The maximum absolute atomic E-state index is 12.6. The van der Waals surface area contributed by atoms with Crippen molar-refractivity contribution in [2.45, 2.75) is 20.1 Å². The molecule has 1 amide bonds. The summed E-state index contributed by atoms with van der Waals surface area (Å²) in [5.41, 5.74) is 1.74. The molecule has 0 fully saturated rings. The number of aromatic nitrogens is 2. The highest BCUT2D eigenvalue weighted by Crippen LogP contribution is 2.25. The summed E-state index contributed by atoms with van der Waals surface area (Å²) in [5, 5.41) is 8.34. The Morgan fingerprint density at radius 1 is 1.16 bits per heavy atom. The second kappa shape index (κ2) is 9.81. The number of carbonyl (C=O) groups is 1. The minimum absolute atomic E-state index is 0.170. The topological polar surface area (TPSA) is 69.3 Å². The van der Waals surface area contributed by atoms with Crippen LogP contribution in [0.25, 0.3) is 0 Å². The van der Waals surface area contributed by atoms with Crippen LogP contribution in [0.4, 0.5) is 5.82 Å². The standard InChI is InChI=1S/C23H18BrCl2N3O3/c1-14-10-22(28-29(14)12-15-6-7-16(25)11-19(15)26)27-23(30)21-9-8-17(32-21)13-31-20-5-3-2-4-18(20)24/h2-11H,12-13H2,1H3,(H,27,28,30). The third-order valence-electron chi connectivity index (χ3n) is 4.65. The molecule has 0 saturated heterocycles. The third-order valence-corrected chi connectivity index (χ3v) is 5.89. The molecule has 2 aromatic carbocycles. The van der Waals surface area contributed by atoms with Gasteiger partial charge in [-0.25, -0.2) is 0 Å². The van der Waals surface area contributed by atoms with E-state index in [9.17, 15) is 4.79 Å². The van der Waals surface area contributed by atoms with Crippen LogP contribution >= 0.6 is 39.1 Å². The van der Waals surface area contributed by atoms with Crippen molar-refractivity contribution in [1.29, 1.82) is 0 Å². The van der Waals surface area contributed by atoms with E-state index in [4.69, 9.17) is 32.4 Å². The molecule has 0 aliphatic heterocycles. The Morgan fingerprint density at radius 2 is 1.97 bits per heavy atom. The van der Waals surface area contributed by atoms with Crippen LogP contribution in [0.2, 0.25) is 10.0 Å². The maximum atomic E-state index is 12.6. The predicted octanol–water partition coefficient (Wildman–Crippen LogP) is 6.73. The number of hydrogen-bond acceptors (Lipinski definition) is 4. The molecule has 9 heteroatoms. The smallest absolute Gasteiger partial charge is 0.292 e. The van der Waals surface area contributed by atoms with Gasteiger partial charge in [0.15, 0.2) is 11.6 Å². The summed E-state index contributed by atoms with van der Waals surface area (Å²) in [6, 6.07) is 17.9. The van der Waals surface area contributed by atoms with E-state index < -0.39 is 5.91 Å². The van der Waals surface area contributed by atoms with Gasteiger partial charge < -0.3 is 14.5 Å². The SMILES string of the molecule is Cc1cc(NC(=O)c2ccc(COc3ccccc3Br)o2)nn1Cc1ccc(Cl)cc1Cl. The molecule has 0 atom stereocenters. The molecule has 4 rings (SSSR count). The Hall–Kier alpha value is -2.74. The zero-order valence-corrected chi connectivity index (χ0v) is 20.0. The fourth-order valence-corrected chi connectivity index (χ4v) is 3.88. The van der Waals surface area contributed by atoms with E-state index >= 15 is 0 Å². The van der Waals surface area contributed by atoms with E-state index in [0.717, 1.165) is 15.7 Å². The summed E-state index contributed by atoms with van der Waals surface area (Å²) in [6.45, 7) is 2.55. The molecule has 0 aliphatic carbocycles. The number of rotatable bonds is 7. The van der Waals surface area contributed by atoms with Crippen molar-refractivity contribution in [2.75, 3.05) is 5.32 Å². The van der Waals surface area contributed by atoms with Gasteiger partial charge in [-0.15, -0.1) is 0 Å². The van der Waals surface area contributed by atoms with Gasteiger partial charge in [0.25, 0.3) is 5.91 Å². The fraction of sp³-hybridized carbons (Fsp3) is 0.130. The van der Waals surface area contributed by atoms with Crippen molar-refractivity contribution >= 4 is 50.9 Å². The van der Waals surface area contributed by atoms with E-state index in [1.807, 2.05) is 37.3 Å². The fourth-order valence-electron chi connectivity index (χ4n) is 3.01. The molecule has 0 bridgehead atoms. The predicted molar refractivity (Wildman–Crippen MR) is 128 cm³/mol. The van der Waals surface area contributed by atoms with Crippen LogP contribution in [0.5, 0.6) is 5.75 Å². The third kappa shape index (κ3) is 5.35. The second-order valence-electron chi connectivity index (χ2n) is 7.00. The summed E-state index contributed by atoms with van der Waals surface area (Å²) >= 11 is 15.6. The van der Waals surface area contributed by atoms with Crippen molar-refractivity contribution in [2.24, 2.45) is 0 Å². The van der Waals surface area contributed by atoms with Gasteiger partial charge in [0.05, 0.1) is 11.0 Å². The van der Waals surface area contributed by atoms with Gasteiger partial charge in [0.2, 0.25) is 0 Å². The highest BCUT2D eigenvalue weighted by molar-refractivity contribution is 9.10. The zero-order valence-electron chi connectivity index (χ0n) is 16.9. The number of carbonyl (C=O) groups excluding carboxylic acids is 1. The van der Waals surface area contributed by atoms with Gasteiger partial charge in [-0.05, 0) is 64.8 Å². The first-order valence-corrected chi connectivity index (χ1v) is 11.2. The molecular formula is C23H18BrCl2N3O3. The molecular weight excluding hydrogens is 517 g/mol. The molecule has 32 heavy (non-hydrogen) atoms. The van der Waals surface area contributed by atoms with E-state index in [2.05, 4.69) is 26.3 Å². The summed E-state index contributed by atoms with van der Waals surface area (Å²) in [4.78, 5) is 12.6. The summed E-state index contributed by atoms with van der Waals surface area (Å²) in [5.74, 6) is 1.41. The maximum Gasteiger partial charge on any atom is 0.292 e. The molecule has 2 heterocycles. The average molecular weight is 535 g/mol. The number of hydrogen-bond donors (Lipinski definition) is 1. The van der Waals surface area contributed by atoms with E-state index in [1.54, 1.807) is 35.0 Å². The number of halogens is 3. The quantitative estimate of drug-likeness (QED) is 0.285. The molecule has 0 spiro atoms. The van der Waals surface area contributed by atoms with Crippen molar-refractivity contribution in [3.8, 4) is 5.75 Å². The van der Waals surface area contributed by atoms with Crippen LogP contribution in [0.3, 0.4) is 0 Å². The van der Waals surface area contributed by atoms with E-state index in [1.165, 1.54) is 0 Å². The summed E-state index contributed by atoms with van der Waals surface area (Å²) < 4.78 is 13.9. The normalized spacial score (nSPS) is 10.9. The number of anilines is 1. The lowest BCUT2D eigenvalue weighted by Gasteiger charge is -2.07. The molecule has 0 unspecified atom stereocenters. The minimum Gasteiger partial charge on any atom is -0.484 e. The monoisotopic (exact) mass is 533 g/mol. The lowest BCUT2D eigenvalue weighted by molar-refractivity contribution is 0.0992. The molecule has 6 nitrogen and oxygen atoms in total. The number of benzene rings is 2. The van der Waals surface area contributed by atoms with Crippen LogP contribution in [0.1, 0.15) is 27.6 Å². The van der Waals surface area contributed by atoms with Gasteiger partial charge in [0.1, 0.15) is 18.1 Å². The van der Waals surface area contributed by atoms with Crippen LogP contribution in [-0.2, 0) is 13.2 Å². The van der Waals surface area contributed by atoms with Crippen molar-refractivity contribution in [3.63, 3.8) is 0 Å². The molecule has 0 aliphatic rings. The Labute approximate surface area is 203 Å². The van der Waals surface area contributed by atoms with Gasteiger partial charge in [0, 0.05) is 21.8 Å². The molecule has 1 N–H and O–H groups in total. The largest absolute Gasteiger partial charge is 0.484 e. The molecule has 4 aromatic rings. The van der Waals surface area contributed by atoms with E-state index in [0.29, 0.717) is 33.9 Å². The number of furan rings is 1. The molecule has 2 aromatic heterocycles. The van der Waals surface area contributed by atoms with Crippen molar-refractivity contribution in [1.82, 2.24) is 9.78 Å². The van der Waals surface area contributed by atoms with Gasteiger partial charge in [-0.2, -0.15) is 5.10 Å². The van der Waals surface area contributed by atoms with Gasteiger partial charge in [-0.1, -0.05) is 41.4 Å². The zero-order chi connectivity index (χ0) is 22.7. The molecule has 0 saturated carbocycles. The first-order valence-electron chi connectivity index (χ1n) is 9.65. The highest BCUT2D eigenvalue weighted by atomic mass is 79.9. The Balaban J connectivity index is 1.39. The first kappa shape index (κ1) is 22.5. The second-order valence-corrected chi connectivity index (χ2v) is 8.70. The first-order chi connectivity index (χ1) is 15.4. The Bertz CT molecular complexity index is 1270. The number of amides is 1. The minimum atomic E-state index is -0.397. The Kier molecular flexibility index (Phi) is 6.89. The van der Waals surface area contributed by atoms with Crippen molar-refractivity contribution < 1.29 is 13.9 Å². The molecule has 164 valence electrons. The van der Waals surface area contributed by atoms with Crippen molar-refractivity contribution in [3.05, 3.63) is 98.0 Å². The number of para-hydroxylation sites is 1. The number of ether oxygens (including phenoxy) is 1. The number of nitrogens with zero attached hydrogens (tertiary/aromatic N) is 2.